The van der Waals surface area contributed by atoms with Crippen LogP contribution < -0.4 is 10.3 Å². The van der Waals surface area contributed by atoms with Gasteiger partial charge in [0.1, 0.15) is 11.6 Å². The fraction of sp³-hybridized carbons (Fsp3) is 0.227. The fourth-order valence-electron chi connectivity index (χ4n) is 3.93. The lowest BCUT2D eigenvalue weighted by Crippen LogP contribution is -2.28. The van der Waals surface area contributed by atoms with Crippen molar-refractivity contribution in [3.8, 4) is 11.4 Å². The number of halogens is 1. The third kappa shape index (κ3) is 2.91. The van der Waals surface area contributed by atoms with Crippen LogP contribution in [-0.4, -0.2) is 25.7 Å². The quantitative estimate of drug-likeness (QED) is 0.512. The molecular weight excluding hydrogens is 388 g/mol. The maximum Gasteiger partial charge on any atom is 0.286 e. The van der Waals surface area contributed by atoms with Crippen LogP contribution in [0.2, 0.25) is 5.02 Å². The normalized spacial score (nSPS) is 15.9. The zero-order valence-electron chi connectivity index (χ0n) is 15.9. The second-order valence-corrected chi connectivity index (χ2v) is 7.45. The Morgan fingerprint density at radius 3 is 2.76 bits per heavy atom. The molecule has 0 aliphatic carbocycles. The monoisotopic (exact) mass is 406 g/mol. The minimum Gasteiger partial charge on any atom is -0.493 e. The molecule has 0 saturated heterocycles. The SMILES string of the molecule is CCn1cnc2c(=O)n(-c3ccc(Cl)cc3)c(C3CCOc4ccccc43)nc21. The molecule has 146 valence electrons. The van der Waals surface area contributed by atoms with Gasteiger partial charge in [-0.05, 0) is 43.7 Å². The number of nitrogens with zero attached hydrogens (tertiary/aromatic N) is 4. The van der Waals surface area contributed by atoms with Gasteiger partial charge in [-0.1, -0.05) is 29.8 Å². The van der Waals surface area contributed by atoms with E-state index in [-0.39, 0.29) is 11.5 Å². The Morgan fingerprint density at radius 2 is 1.97 bits per heavy atom. The van der Waals surface area contributed by atoms with E-state index in [4.69, 9.17) is 21.3 Å². The molecule has 2 aromatic heterocycles. The van der Waals surface area contributed by atoms with Crippen molar-refractivity contribution >= 4 is 22.8 Å². The predicted molar refractivity (Wildman–Crippen MR) is 112 cm³/mol. The molecular formula is C22H19ClN4O2. The molecule has 0 N–H and O–H groups in total. The van der Waals surface area contributed by atoms with Gasteiger partial charge in [0.15, 0.2) is 11.2 Å². The molecule has 2 aromatic carbocycles. The summed E-state index contributed by atoms with van der Waals surface area (Å²) >= 11 is 6.08. The van der Waals surface area contributed by atoms with Crippen molar-refractivity contribution in [2.75, 3.05) is 6.61 Å². The van der Waals surface area contributed by atoms with E-state index in [0.717, 1.165) is 23.4 Å². The van der Waals surface area contributed by atoms with Crippen molar-refractivity contribution in [1.29, 1.82) is 0 Å². The van der Waals surface area contributed by atoms with Crippen LogP contribution in [0.25, 0.3) is 16.9 Å². The number of fused-ring (bicyclic) bond motifs is 2. The Hall–Kier alpha value is -3.12. The Balaban J connectivity index is 1.83. The number of hydrogen-bond acceptors (Lipinski definition) is 4. The van der Waals surface area contributed by atoms with E-state index in [1.165, 1.54) is 0 Å². The molecule has 7 heteroatoms. The first-order chi connectivity index (χ1) is 14.2. The third-order valence-electron chi connectivity index (χ3n) is 5.36. The first-order valence-corrected chi connectivity index (χ1v) is 10.0. The van der Waals surface area contributed by atoms with Crippen LogP contribution >= 0.6 is 11.6 Å². The first-order valence-electron chi connectivity index (χ1n) is 9.63. The Morgan fingerprint density at radius 1 is 1.17 bits per heavy atom. The zero-order chi connectivity index (χ0) is 20.0. The van der Waals surface area contributed by atoms with Crippen LogP contribution in [0.1, 0.15) is 30.7 Å². The van der Waals surface area contributed by atoms with Gasteiger partial charge in [-0.25, -0.2) is 9.97 Å². The molecule has 1 aliphatic rings. The molecule has 29 heavy (non-hydrogen) atoms. The smallest absolute Gasteiger partial charge is 0.286 e. The molecule has 1 aliphatic heterocycles. The summed E-state index contributed by atoms with van der Waals surface area (Å²) in [5.74, 6) is 1.47. The van der Waals surface area contributed by atoms with E-state index >= 15 is 0 Å². The number of imidazole rings is 1. The summed E-state index contributed by atoms with van der Waals surface area (Å²) in [6, 6.07) is 15.2. The minimum absolute atomic E-state index is 0.0621. The average molecular weight is 407 g/mol. The molecule has 0 fully saturated rings. The van der Waals surface area contributed by atoms with Crippen molar-refractivity contribution in [2.45, 2.75) is 25.8 Å². The van der Waals surface area contributed by atoms with Gasteiger partial charge in [0.05, 0.1) is 18.6 Å². The predicted octanol–water partition coefficient (Wildman–Crippen LogP) is 4.17. The molecule has 0 saturated carbocycles. The lowest BCUT2D eigenvalue weighted by molar-refractivity contribution is 0.273. The molecule has 0 amide bonds. The third-order valence-corrected chi connectivity index (χ3v) is 5.61. The van der Waals surface area contributed by atoms with Gasteiger partial charge in [-0.2, -0.15) is 0 Å². The molecule has 0 radical (unpaired) electrons. The first kappa shape index (κ1) is 17.9. The summed E-state index contributed by atoms with van der Waals surface area (Å²) in [5, 5.41) is 0.615. The molecule has 1 unspecified atom stereocenters. The van der Waals surface area contributed by atoms with Gasteiger partial charge < -0.3 is 9.30 Å². The second kappa shape index (κ2) is 7.04. The maximum absolute atomic E-state index is 13.5. The highest BCUT2D eigenvalue weighted by Gasteiger charge is 2.29. The van der Waals surface area contributed by atoms with Crippen molar-refractivity contribution in [3.63, 3.8) is 0 Å². The van der Waals surface area contributed by atoms with Gasteiger partial charge in [-0.15, -0.1) is 0 Å². The van der Waals surface area contributed by atoms with Crippen LogP contribution in [-0.2, 0) is 6.54 Å². The fourth-order valence-corrected chi connectivity index (χ4v) is 4.05. The molecule has 0 spiro atoms. The Kier molecular flexibility index (Phi) is 4.36. The second-order valence-electron chi connectivity index (χ2n) is 7.02. The summed E-state index contributed by atoms with van der Waals surface area (Å²) in [7, 11) is 0. The van der Waals surface area contributed by atoms with E-state index in [9.17, 15) is 4.79 Å². The van der Waals surface area contributed by atoms with E-state index < -0.39 is 0 Å². The maximum atomic E-state index is 13.5. The Labute approximate surface area is 172 Å². The van der Waals surface area contributed by atoms with Crippen molar-refractivity contribution < 1.29 is 4.74 Å². The topological polar surface area (TPSA) is 61.9 Å². The minimum atomic E-state index is -0.177. The van der Waals surface area contributed by atoms with Crippen molar-refractivity contribution in [3.05, 3.63) is 81.6 Å². The largest absolute Gasteiger partial charge is 0.493 e. The Bertz CT molecular complexity index is 1260. The number of rotatable bonds is 3. The van der Waals surface area contributed by atoms with E-state index in [0.29, 0.717) is 35.2 Å². The highest BCUT2D eigenvalue weighted by Crippen LogP contribution is 2.37. The van der Waals surface area contributed by atoms with E-state index in [1.54, 1.807) is 23.0 Å². The van der Waals surface area contributed by atoms with Crippen molar-refractivity contribution in [1.82, 2.24) is 19.1 Å². The standard InChI is InChI=1S/C22H19ClN4O2/c1-2-26-13-24-19-21(26)25-20(17-11-12-29-18-6-4-3-5-16(17)18)27(22(19)28)15-9-7-14(23)8-10-15/h3-10,13,17H,2,11-12H2,1H3. The van der Waals surface area contributed by atoms with Crippen molar-refractivity contribution in [2.24, 2.45) is 0 Å². The number of hydrogen-bond donors (Lipinski definition) is 0. The van der Waals surface area contributed by atoms with Gasteiger partial charge in [0, 0.05) is 23.0 Å². The summed E-state index contributed by atoms with van der Waals surface area (Å²) in [5.41, 5.74) is 2.56. The van der Waals surface area contributed by atoms with E-state index in [2.05, 4.69) is 4.98 Å². The number of aromatic nitrogens is 4. The lowest BCUT2D eigenvalue weighted by Gasteiger charge is -2.27. The van der Waals surface area contributed by atoms with Crippen LogP contribution in [0.5, 0.6) is 5.75 Å². The summed E-state index contributed by atoms with van der Waals surface area (Å²) < 4.78 is 9.40. The number of aryl methyl sites for hydroxylation is 1. The van der Waals surface area contributed by atoms with Gasteiger partial charge >= 0.3 is 0 Å². The highest BCUT2D eigenvalue weighted by molar-refractivity contribution is 6.30. The molecule has 6 nitrogen and oxygen atoms in total. The summed E-state index contributed by atoms with van der Waals surface area (Å²) in [6.45, 7) is 3.28. The van der Waals surface area contributed by atoms with Crippen LogP contribution in [0, 0.1) is 0 Å². The highest BCUT2D eigenvalue weighted by atomic mass is 35.5. The lowest BCUT2D eigenvalue weighted by atomic mass is 9.92. The number of para-hydroxylation sites is 1. The number of benzene rings is 2. The van der Waals surface area contributed by atoms with Gasteiger partial charge in [0.25, 0.3) is 5.56 Å². The van der Waals surface area contributed by atoms with Gasteiger partial charge in [0.2, 0.25) is 0 Å². The molecule has 3 heterocycles. The average Bonchev–Trinajstić information content (AvgIpc) is 3.17. The van der Waals surface area contributed by atoms with Gasteiger partial charge in [-0.3, -0.25) is 9.36 Å². The van der Waals surface area contributed by atoms with Crippen LogP contribution in [0.15, 0.2) is 59.7 Å². The molecule has 1 atom stereocenters. The summed E-state index contributed by atoms with van der Waals surface area (Å²) in [4.78, 5) is 22.8. The summed E-state index contributed by atoms with van der Waals surface area (Å²) in [6.07, 6.45) is 2.41. The van der Waals surface area contributed by atoms with Crippen LogP contribution in [0.3, 0.4) is 0 Å². The van der Waals surface area contributed by atoms with E-state index in [1.807, 2.05) is 47.9 Å². The molecule has 4 aromatic rings. The van der Waals surface area contributed by atoms with Crippen LogP contribution in [0.4, 0.5) is 0 Å². The molecule has 5 rings (SSSR count). The molecule has 0 bridgehead atoms. The number of ether oxygens (including phenoxy) is 1. The zero-order valence-corrected chi connectivity index (χ0v) is 16.6.